The lowest BCUT2D eigenvalue weighted by molar-refractivity contribution is 0.149. The van der Waals surface area contributed by atoms with Gasteiger partial charge in [-0.2, -0.15) is 4.68 Å². The highest BCUT2D eigenvalue weighted by atomic mass is 16.6. The summed E-state index contributed by atoms with van der Waals surface area (Å²) in [6.45, 7) is 9.40. The van der Waals surface area contributed by atoms with Crippen molar-refractivity contribution in [3.8, 4) is 11.1 Å². The molecule has 0 aliphatic carbocycles. The fourth-order valence-electron chi connectivity index (χ4n) is 2.96. The van der Waals surface area contributed by atoms with E-state index in [-0.39, 0.29) is 24.0 Å². The van der Waals surface area contributed by atoms with E-state index in [2.05, 4.69) is 6.58 Å². The van der Waals surface area contributed by atoms with Crippen molar-refractivity contribution in [1.29, 1.82) is 0 Å². The molecule has 2 N–H and O–H groups in total. The Morgan fingerprint density at radius 2 is 2.08 bits per heavy atom. The maximum atomic E-state index is 13.1. The van der Waals surface area contributed by atoms with Crippen LogP contribution < -0.4 is 11.3 Å². The normalized spacial score (nSPS) is 12.0. The van der Waals surface area contributed by atoms with Gasteiger partial charge >= 0.3 is 6.09 Å². The highest BCUT2D eigenvalue weighted by Crippen LogP contribution is 2.28. The topological polar surface area (TPSA) is 79.2 Å². The van der Waals surface area contributed by atoms with Gasteiger partial charge in [-0.05, 0) is 31.4 Å². The van der Waals surface area contributed by atoms with Crippen LogP contribution in [0.25, 0.3) is 11.1 Å². The zero-order valence-corrected chi connectivity index (χ0v) is 15.0. The van der Waals surface area contributed by atoms with Crippen molar-refractivity contribution in [3.05, 3.63) is 52.8 Å². The Labute approximate surface area is 147 Å². The minimum absolute atomic E-state index is 0.0481. The molecule has 2 aromatic rings. The lowest BCUT2D eigenvalue weighted by Crippen LogP contribution is -2.31. The summed E-state index contributed by atoms with van der Waals surface area (Å²) in [7, 11) is 0. The number of ether oxygens (including phenoxy) is 1. The second-order valence-electron chi connectivity index (χ2n) is 6.04. The average molecular weight is 343 g/mol. The second kappa shape index (κ2) is 7.88. The smallest absolute Gasteiger partial charge is 0.435 e. The lowest BCUT2D eigenvalue weighted by atomic mass is 10.0. The zero-order chi connectivity index (χ0) is 18.6. The Balaban J connectivity index is 2.71. The number of nitrogens with two attached hydrogens (primary N) is 1. The Kier molecular flexibility index (Phi) is 5.85. The average Bonchev–Trinajstić information content (AvgIpc) is 2.84. The van der Waals surface area contributed by atoms with Crippen LogP contribution in [-0.2, 0) is 4.74 Å². The molecule has 0 radical (unpaired) electrons. The Bertz CT molecular complexity index is 833. The van der Waals surface area contributed by atoms with Gasteiger partial charge in [0.15, 0.2) is 0 Å². The summed E-state index contributed by atoms with van der Waals surface area (Å²) in [5, 5.41) is 0. The van der Waals surface area contributed by atoms with E-state index >= 15 is 0 Å². The van der Waals surface area contributed by atoms with E-state index in [1.807, 2.05) is 45.0 Å². The summed E-state index contributed by atoms with van der Waals surface area (Å²) in [5.41, 5.74) is 7.90. The molecular formula is C19H25N3O3. The summed E-state index contributed by atoms with van der Waals surface area (Å²) in [6, 6.07) is 7.28. The predicted octanol–water partition coefficient (Wildman–Crippen LogP) is 3.74. The third-order valence-corrected chi connectivity index (χ3v) is 4.16. The fourth-order valence-corrected chi connectivity index (χ4v) is 2.96. The van der Waals surface area contributed by atoms with Crippen LogP contribution in [0, 0.1) is 6.92 Å². The molecule has 0 spiro atoms. The molecule has 1 aromatic carbocycles. The number of hydrogen-bond acceptors (Lipinski definition) is 4. The summed E-state index contributed by atoms with van der Waals surface area (Å²) >= 11 is 0. The maximum Gasteiger partial charge on any atom is 0.435 e. The molecule has 1 aromatic heterocycles. The van der Waals surface area contributed by atoms with Crippen molar-refractivity contribution in [1.82, 2.24) is 9.36 Å². The molecule has 0 aliphatic rings. The molecule has 6 heteroatoms. The molecule has 25 heavy (non-hydrogen) atoms. The number of aryl methyl sites for hydroxylation is 1. The van der Waals surface area contributed by atoms with Crippen LogP contribution in [0.5, 0.6) is 0 Å². The van der Waals surface area contributed by atoms with Gasteiger partial charge in [0, 0.05) is 0 Å². The summed E-state index contributed by atoms with van der Waals surface area (Å²) in [4.78, 5) is 25.6. The zero-order valence-electron chi connectivity index (χ0n) is 15.0. The van der Waals surface area contributed by atoms with E-state index in [1.54, 1.807) is 0 Å². The van der Waals surface area contributed by atoms with Crippen molar-refractivity contribution in [2.45, 2.75) is 39.7 Å². The van der Waals surface area contributed by atoms with E-state index in [0.717, 1.165) is 28.7 Å². The number of carbonyl (C=O) groups excluding carboxylic acids is 1. The summed E-state index contributed by atoms with van der Waals surface area (Å²) < 4.78 is 7.67. The van der Waals surface area contributed by atoms with Gasteiger partial charge in [0.05, 0.1) is 11.6 Å². The molecule has 2 rings (SSSR count). The monoisotopic (exact) mass is 343 g/mol. The largest absolute Gasteiger partial charge is 0.444 e. The highest BCUT2D eigenvalue weighted by Gasteiger charge is 2.27. The number of benzene rings is 1. The Morgan fingerprint density at radius 1 is 1.40 bits per heavy atom. The van der Waals surface area contributed by atoms with Gasteiger partial charge in [-0.1, -0.05) is 50.3 Å². The summed E-state index contributed by atoms with van der Waals surface area (Å²) in [6.07, 6.45) is 2.40. The number of nitrogen functional groups attached to an aromatic ring is 1. The number of anilines is 1. The number of hydrogen-bond donors (Lipinski definition) is 1. The van der Waals surface area contributed by atoms with Crippen LogP contribution in [0.1, 0.15) is 38.3 Å². The second-order valence-corrected chi connectivity index (χ2v) is 6.04. The van der Waals surface area contributed by atoms with Crippen LogP contribution in [0.15, 0.2) is 41.7 Å². The molecule has 0 aliphatic heterocycles. The van der Waals surface area contributed by atoms with Crippen molar-refractivity contribution >= 4 is 11.9 Å². The van der Waals surface area contributed by atoms with E-state index in [1.165, 1.54) is 10.8 Å². The molecule has 0 saturated heterocycles. The van der Waals surface area contributed by atoms with Crippen LogP contribution in [0.2, 0.25) is 0 Å². The quantitative estimate of drug-likeness (QED) is 0.810. The van der Waals surface area contributed by atoms with E-state index < -0.39 is 6.09 Å². The van der Waals surface area contributed by atoms with Crippen molar-refractivity contribution < 1.29 is 9.53 Å². The molecule has 134 valence electrons. The molecule has 0 bridgehead atoms. The molecule has 0 amide bonds. The van der Waals surface area contributed by atoms with E-state index in [9.17, 15) is 9.59 Å². The predicted molar refractivity (Wildman–Crippen MR) is 99.8 cm³/mol. The molecule has 6 nitrogen and oxygen atoms in total. The maximum absolute atomic E-state index is 13.1. The number of carbonyl (C=O) groups is 1. The molecule has 0 saturated carbocycles. The van der Waals surface area contributed by atoms with Crippen LogP contribution in [0.4, 0.5) is 10.6 Å². The van der Waals surface area contributed by atoms with E-state index in [0.29, 0.717) is 5.56 Å². The molecular weight excluding hydrogens is 318 g/mol. The van der Waals surface area contributed by atoms with Gasteiger partial charge in [-0.3, -0.25) is 4.79 Å². The van der Waals surface area contributed by atoms with Crippen molar-refractivity contribution in [3.63, 3.8) is 0 Å². The van der Waals surface area contributed by atoms with Crippen molar-refractivity contribution in [2.75, 3.05) is 12.3 Å². The molecule has 1 heterocycles. The SMILES string of the molecule is C=CCOC(=O)n1c(N)c(-c2ccccc2C)c(=O)n1C(C)CCC. The van der Waals surface area contributed by atoms with Gasteiger partial charge in [0.25, 0.3) is 5.56 Å². The van der Waals surface area contributed by atoms with Gasteiger partial charge in [0.1, 0.15) is 12.4 Å². The first-order chi connectivity index (χ1) is 11.9. The molecule has 0 fully saturated rings. The molecule has 1 atom stereocenters. The third kappa shape index (κ3) is 3.52. The number of rotatable bonds is 6. The first-order valence-corrected chi connectivity index (χ1v) is 8.41. The Morgan fingerprint density at radius 3 is 2.68 bits per heavy atom. The lowest BCUT2D eigenvalue weighted by Gasteiger charge is -2.17. The van der Waals surface area contributed by atoms with Crippen LogP contribution in [-0.4, -0.2) is 22.1 Å². The highest BCUT2D eigenvalue weighted by molar-refractivity contribution is 5.83. The Hall–Kier alpha value is -2.76. The minimum Gasteiger partial charge on any atom is -0.444 e. The third-order valence-electron chi connectivity index (χ3n) is 4.16. The fraction of sp³-hybridized carbons (Fsp3) is 0.368. The van der Waals surface area contributed by atoms with Gasteiger partial charge < -0.3 is 10.5 Å². The number of aromatic nitrogens is 2. The standard InChI is InChI=1S/C19H25N3O3/c1-5-9-14(4)21-18(23)16(15-11-8-7-10-13(15)3)17(20)22(21)19(24)25-12-6-2/h6-8,10-11,14H,2,5,9,12,20H2,1,3-4H3. The van der Waals surface area contributed by atoms with E-state index in [4.69, 9.17) is 10.5 Å². The first-order valence-electron chi connectivity index (χ1n) is 8.41. The van der Waals surface area contributed by atoms with Crippen LogP contribution >= 0.6 is 0 Å². The number of nitrogens with zero attached hydrogens (tertiary/aromatic N) is 2. The van der Waals surface area contributed by atoms with Gasteiger partial charge in [-0.15, -0.1) is 0 Å². The molecule has 1 unspecified atom stereocenters. The summed E-state index contributed by atoms with van der Waals surface area (Å²) in [5.74, 6) is 0.0938. The van der Waals surface area contributed by atoms with Gasteiger partial charge in [0.2, 0.25) is 0 Å². The van der Waals surface area contributed by atoms with Crippen LogP contribution in [0.3, 0.4) is 0 Å². The first kappa shape index (κ1) is 18.6. The van der Waals surface area contributed by atoms with Crippen molar-refractivity contribution in [2.24, 2.45) is 0 Å². The minimum atomic E-state index is -0.683. The van der Waals surface area contributed by atoms with Gasteiger partial charge in [-0.25, -0.2) is 9.48 Å².